The van der Waals surface area contributed by atoms with Gasteiger partial charge in [0.1, 0.15) is 12.4 Å². The lowest BCUT2D eigenvalue weighted by molar-refractivity contribution is -0.0157. The van der Waals surface area contributed by atoms with E-state index in [0.717, 1.165) is 30.3 Å². The Balaban J connectivity index is 1.44. The van der Waals surface area contributed by atoms with Crippen molar-refractivity contribution >= 4 is 17.8 Å². The van der Waals surface area contributed by atoms with Gasteiger partial charge in [0.15, 0.2) is 5.82 Å². The number of nitrogens with zero attached hydrogens (tertiary/aromatic N) is 5. The molecule has 138 valence electrons. The Bertz CT molecular complexity index is 773. The number of aromatic nitrogens is 3. The number of carbonyl (C=O) groups is 1. The molecule has 2 saturated heterocycles. The summed E-state index contributed by atoms with van der Waals surface area (Å²) in [6.45, 7) is 5.21. The monoisotopic (exact) mass is 358 g/mol. The van der Waals surface area contributed by atoms with Crippen molar-refractivity contribution in [2.75, 3.05) is 43.0 Å². The highest BCUT2D eigenvalue weighted by Crippen LogP contribution is 2.24. The maximum Gasteiger partial charge on any atom is 0.323 e. The van der Waals surface area contributed by atoms with Gasteiger partial charge in [-0.3, -0.25) is 5.32 Å². The summed E-state index contributed by atoms with van der Waals surface area (Å²) in [6.07, 6.45) is 5.33. The molecule has 2 aromatic heterocycles. The molecule has 9 heteroatoms. The zero-order chi connectivity index (χ0) is 17.9. The van der Waals surface area contributed by atoms with Crippen LogP contribution in [0.15, 0.2) is 23.0 Å². The van der Waals surface area contributed by atoms with Gasteiger partial charge in [-0.2, -0.15) is 0 Å². The topological polar surface area (TPSA) is 96.6 Å². The summed E-state index contributed by atoms with van der Waals surface area (Å²) >= 11 is 0. The number of hydrogen-bond acceptors (Lipinski definition) is 7. The summed E-state index contributed by atoms with van der Waals surface area (Å²) in [6, 6.07) is 1.64. The molecule has 2 amide bonds. The van der Waals surface area contributed by atoms with E-state index in [0.29, 0.717) is 25.5 Å². The van der Waals surface area contributed by atoms with Crippen LogP contribution in [0.1, 0.15) is 30.2 Å². The lowest BCUT2D eigenvalue weighted by Gasteiger charge is -2.32. The highest BCUT2D eigenvalue weighted by Gasteiger charge is 2.28. The molecule has 0 aromatic carbocycles. The molecule has 0 saturated carbocycles. The molecule has 0 bridgehead atoms. The highest BCUT2D eigenvalue weighted by molar-refractivity contribution is 5.88. The maximum absolute atomic E-state index is 12.5. The van der Waals surface area contributed by atoms with Crippen molar-refractivity contribution in [3.63, 3.8) is 0 Å². The number of ether oxygens (including phenoxy) is 1. The average Bonchev–Trinajstić information content (AvgIpc) is 3.35. The Morgan fingerprint density at radius 3 is 2.92 bits per heavy atom. The first-order chi connectivity index (χ1) is 12.7. The van der Waals surface area contributed by atoms with Crippen LogP contribution in [-0.4, -0.2) is 58.8 Å². The minimum absolute atomic E-state index is 0.218. The Morgan fingerprint density at radius 2 is 2.15 bits per heavy atom. The molecule has 0 spiro atoms. The third-order valence-corrected chi connectivity index (χ3v) is 4.71. The molecular formula is C17H22N6O3. The smallest absolute Gasteiger partial charge is 0.323 e. The van der Waals surface area contributed by atoms with Gasteiger partial charge in [0.05, 0.1) is 18.8 Å². The fourth-order valence-corrected chi connectivity index (χ4v) is 3.21. The molecule has 0 radical (unpaired) electrons. The van der Waals surface area contributed by atoms with Crippen LogP contribution in [-0.2, 0) is 4.74 Å². The predicted octanol–water partition coefficient (Wildman–Crippen LogP) is 1.98. The molecule has 4 heterocycles. The van der Waals surface area contributed by atoms with Crippen LogP contribution in [0.4, 0.5) is 16.6 Å². The van der Waals surface area contributed by atoms with Crippen LogP contribution in [0.3, 0.4) is 0 Å². The summed E-state index contributed by atoms with van der Waals surface area (Å²) in [5, 5.41) is 6.57. The van der Waals surface area contributed by atoms with E-state index in [4.69, 9.17) is 9.26 Å². The molecule has 2 fully saturated rings. The zero-order valence-electron chi connectivity index (χ0n) is 14.7. The summed E-state index contributed by atoms with van der Waals surface area (Å²) in [5.74, 6) is 1.18. The van der Waals surface area contributed by atoms with E-state index in [1.165, 1.54) is 19.1 Å². The fraction of sp³-hybridized carbons (Fsp3) is 0.529. The third-order valence-electron chi connectivity index (χ3n) is 4.71. The molecule has 2 aliphatic heterocycles. The number of anilines is 2. The van der Waals surface area contributed by atoms with Crippen molar-refractivity contribution in [2.24, 2.45) is 0 Å². The minimum atomic E-state index is -0.266. The standard InChI is InChI=1S/C17H22N6O3/c1-12-11-26-21-15(12)20-17(24)23-8-9-25-14(10-23)13-4-5-18-16(19-13)22-6-2-3-7-22/h4-5,11,14H,2-3,6-10H2,1H3,(H,20,21,24)/t14-/m0/s1. The van der Waals surface area contributed by atoms with E-state index in [-0.39, 0.29) is 12.1 Å². The van der Waals surface area contributed by atoms with Crippen molar-refractivity contribution < 1.29 is 14.1 Å². The number of urea groups is 1. The molecule has 9 nitrogen and oxygen atoms in total. The first kappa shape index (κ1) is 16.8. The number of morpholine rings is 1. The van der Waals surface area contributed by atoms with Crippen LogP contribution in [0, 0.1) is 6.92 Å². The van der Waals surface area contributed by atoms with Gasteiger partial charge in [-0.05, 0) is 25.8 Å². The number of rotatable bonds is 3. The van der Waals surface area contributed by atoms with E-state index in [1.807, 2.05) is 13.0 Å². The molecular weight excluding hydrogens is 336 g/mol. The van der Waals surface area contributed by atoms with E-state index < -0.39 is 0 Å². The molecule has 26 heavy (non-hydrogen) atoms. The first-order valence-electron chi connectivity index (χ1n) is 8.87. The van der Waals surface area contributed by atoms with Gasteiger partial charge in [-0.25, -0.2) is 14.8 Å². The molecule has 2 aromatic rings. The average molecular weight is 358 g/mol. The maximum atomic E-state index is 12.5. The molecule has 0 unspecified atom stereocenters. The van der Waals surface area contributed by atoms with Crippen molar-refractivity contribution in [3.8, 4) is 0 Å². The Labute approximate surface area is 151 Å². The van der Waals surface area contributed by atoms with Crippen LogP contribution in [0.5, 0.6) is 0 Å². The third kappa shape index (κ3) is 3.48. The molecule has 2 aliphatic rings. The van der Waals surface area contributed by atoms with Gasteiger partial charge >= 0.3 is 6.03 Å². The van der Waals surface area contributed by atoms with Crippen LogP contribution in [0.2, 0.25) is 0 Å². The van der Waals surface area contributed by atoms with Crippen molar-refractivity contribution in [2.45, 2.75) is 25.9 Å². The Kier molecular flexibility index (Phi) is 4.70. The molecule has 1 N–H and O–H groups in total. The number of carbonyl (C=O) groups excluding carboxylic acids is 1. The normalized spacial score (nSPS) is 20.4. The minimum Gasteiger partial charge on any atom is -0.368 e. The van der Waals surface area contributed by atoms with Crippen LogP contribution in [0.25, 0.3) is 0 Å². The number of hydrogen-bond donors (Lipinski definition) is 1. The quantitative estimate of drug-likeness (QED) is 0.896. The Hall–Kier alpha value is -2.68. The summed E-state index contributed by atoms with van der Waals surface area (Å²) < 4.78 is 10.7. The van der Waals surface area contributed by atoms with Gasteiger partial charge in [-0.1, -0.05) is 5.16 Å². The van der Waals surface area contributed by atoms with E-state index in [1.54, 1.807) is 11.1 Å². The number of nitrogens with one attached hydrogen (secondary N) is 1. The molecule has 0 aliphatic carbocycles. The lowest BCUT2D eigenvalue weighted by Crippen LogP contribution is -2.44. The fourth-order valence-electron chi connectivity index (χ4n) is 3.21. The SMILES string of the molecule is Cc1conc1NC(=O)N1CCO[C@H](c2ccnc(N3CCCC3)n2)C1. The van der Waals surface area contributed by atoms with Crippen molar-refractivity contribution in [1.82, 2.24) is 20.0 Å². The second-order valence-electron chi connectivity index (χ2n) is 6.56. The number of aryl methyl sites for hydroxylation is 1. The summed E-state index contributed by atoms with van der Waals surface area (Å²) in [4.78, 5) is 25.4. The van der Waals surface area contributed by atoms with Gasteiger partial charge in [0.25, 0.3) is 0 Å². The van der Waals surface area contributed by atoms with Crippen LogP contribution >= 0.6 is 0 Å². The Morgan fingerprint density at radius 1 is 1.31 bits per heavy atom. The van der Waals surface area contributed by atoms with E-state index in [2.05, 4.69) is 25.3 Å². The highest BCUT2D eigenvalue weighted by atomic mass is 16.5. The predicted molar refractivity (Wildman–Crippen MR) is 94.0 cm³/mol. The van der Waals surface area contributed by atoms with E-state index >= 15 is 0 Å². The summed E-state index contributed by atoms with van der Waals surface area (Å²) in [7, 11) is 0. The second kappa shape index (κ2) is 7.28. The van der Waals surface area contributed by atoms with Crippen molar-refractivity contribution in [3.05, 3.63) is 29.8 Å². The lowest BCUT2D eigenvalue weighted by atomic mass is 10.2. The van der Waals surface area contributed by atoms with E-state index in [9.17, 15) is 4.79 Å². The van der Waals surface area contributed by atoms with Gasteiger partial charge in [-0.15, -0.1) is 0 Å². The summed E-state index contributed by atoms with van der Waals surface area (Å²) in [5.41, 5.74) is 1.59. The largest absolute Gasteiger partial charge is 0.368 e. The first-order valence-corrected chi connectivity index (χ1v) is 8.87. The van der Waals surface area contributed by atoms with Gasteiger partial charge < -0.3 is 19.1 Å². The van der Waals surface area contributed by atoms with Gasteiger partial charge in [0, 0.05) is 31.4 Å². The van der Waals surface area contributed by atoms with Crippen LogP contribution < -0.4 is 10.2 Å². The second-order valence-corrected chi connectivity index (χ2v) is 6.56. The van der Waals surface area contributed by atoms with Gasteiger partial charge in [0.2, 0.25) is 5.95 Å². The zero-order valence-corrected chi connectivity index (χ0v) is 14.7. The van der Waals surface area contributed by atoms with Crippen molar-refractivity contribution in [1.29, 1.82) is 0 Å². The molecule has 4 rings (SSSR count). The molecule has 1 atom stereocenters. The number of amides is 2.